The van der Waals surface area contributed by atoms with E-state index < -0.39 is 18.2 Å². The van der Waals surface area contributed by atoms with Crippen LogP contribution in [-0.2, 0) is 23.7 Å². The second kappa shape index (κ2) is 8.68. The Balaban J connectivity index is 2.53. The van der Waals surface area contributed by atoms with E-state index in [1.807, 2.05) is 0 Å². The topological polar surface area (TPSA) is 80.3 Å². The van der Waals surface area contributed by atoms with Crippen molar-refractivity contribution in [1.29, 1.82) is 0 Å². The fourth-order valence-electron chi connectivity index (χ4n) is 2.09. The first-order valence-electron chi connectivity index (χ1n) is 6.92. The van der Waals surface area contributed by atoms with Crippen LogP contribution >= 0.6 is 23.4 Å². The summed E-state index contributed by atoms with van der Waals surface area (Å²) in [5.41, 5.74) is 0.549. The molecule has 134 valence electrons. The number of hydrogen-bond donors (Lipinski definition) is 0. The Kier molecular flexibility index (Phi) is 6.60. The minimum absolute atomic E-state index is 0.0915. The average molecular weight is 387 g/mol. The van der Waals surface area contributed by atoms with Crippen LogP contribution in [0.4, 0.5) is 9.59 Å². The van der Waals surface area contributed by atoms with Gasteiger partial charge in [-0.2, -0.15) is 0 Å². The highest BCUT2D eigenvalue weighted by molar-refractivity contribution is 8.05. The molecule has 0 spiro atoms. The fourth-order valence-corrected chi connectivity index (χ4v) is 3.11. The summed E-state index contributed by atoms with van der Waals surface area (Å²) >= 11 is 7.35. The van der Waals surface area contributed by atoms with E-state index in [0.29, 0.717) is 15.7 Å². The maximum Gasteiger partial charge on any atom is 0.513 e. The highest BCUT2D eigenvalue weighted by atomic mass is 35.5. The van der Waals surface area contributed by atoms with Gasteiger partial charge in [0.25, 0.3) is 0 Å². The second-order valence-electron chi connectivity index (χ2n) is 4.56. The second-order valence-corrected chi connectivity index (χ2v) is 5.81. The average Bonchev–Trinajstić information content (AvgIpc) is 2.62. The molecule has 1 aromatic carbocycles. The Morgan fingerprint density at radius 1 is 1.04 bits per heavy atom. The maximum absolute atomic E-state index is 11.7. The van der Waals surface area contributed by atoms with Gasteiger partial charge in [0.2, 0.25) is 0 Å². The number of carbonyl (C=O) groups excluding carboxylic acids is 2. The molecule has 2 rings (SSSR count). The number of benzene rings is 1. The monoisotopic (exact) mass is 386 g/mol. The first kappa shape index (κ1) is 19.0. The van der Waals surface area contributed by atoms with Gasteiger partial charge in [0.15, 0.2) is 10.9 Å². The van der Waals surface area contributed by atoms with Crippen LogP contribution < -0.4 is 0 Å². The van der Waals surface area contributed by atoms with E-state index in [4.69, 9.17) is 25.8 Å². The van der Waals surface area contributed by atoms with Crippen LogP contribution in [0.1, 0.15) is 11.5 Å². The van der Waals surface area contributed by atoms with E-state index in [-0.39, 0.29) is 11.5 Å². The number of halogens is 1. The maximum atomic E-state index is 11.7. The highest BCUT2D eigenvalue weighted by Crippen LogP contribution is 2.45. The molecule has 0 amide bonds. The van der Waals surface area contributed by atoms with E-state index in [2.05, 4.69) is 9.47 Å². The van der Waals surface area contributed by atoms with Crippen molar-refractivity contribution in [2.24, 2.45) is 0 Å². The molecule has 1 aliphatic rings. The molecule has 7 nitrogen and oxygen atoms in total. The predicted molar refractivity (Wildman–Crippen MR) is 90.9 cm³/mol. The summed E-state index contributed by atoms with van der Waals surface area (Å²) in [5, 5.41) is 2.24. The van der Waals surface area contributed by atoms with Crippen LogP contribution in [0.25, 0.3) is 0 Å². The molecule has 1 heterocycles. The number of ether oxygens (including phenoxy) is 5. The largest absolute Gasteiger partial charge is 0.513 e. The van der Waals surface area contributed by atoms with Gasteiger partial charge >= 0.3 is 12.3 Å². The summed E-state index contributed by atoms with van der Waals surface area (Å²) < 4.78 is 24.8. The Morgan fingerprint density at radius 2 is 1.68 bits per heavy atom. The fraction of sp³-hybridized carbons (Fsp3) is 0.250. The van der Waals surface area contributed by atoms with E-state index in [9.17, 15) is 9.59 Å². The number of thioether (sulfide) groups is 1. The molecule has 0 bridgehead atoms. The summed E-state index contributed by atoms with van der Waals surface area (Å²) in [5.74, 6) is -0.540. The molecule has 0 N–H and O–H groups in total. The van der Waals surface area contributed by atoms with Crippen molar-refractivity contribution in [3.8, 4) is 0 Å². The molecular weight excluding hydrogens is 372 g/mol. The van der Waals surface area contributed by atoms with Gasteiger partial charge in [0, 0.05) is 10.4 Å². The molecule has 25 heavy (non-hydrogen) atoms. The third-order valence-corrected chi connectivity index (χ3v) is 4.44. The van der Waals surface area contributed by atoms with E-state index in [0.717, 1.165) is 11.8 Å². The van der Waals surface area contributed by atoms with Crippen molar-refractivity contribution in [2.75, 3.05) is 21.3 Å². The van der Waals surface area contributed by atoms with Crippen molar-refractivity contribution in [3.05, 3.63) is 56.9 Å². The standard InChI is InChI=1S/C16H15ClO7S/c1-20-14-13(24-16(19)22-3)12(9-6-4-5-7-10(9)17)11(8-25-14)23-15(18)21-2/h4-8,12H,1-3H3. The summed E-state index contributed by atoms with van der Waals surface area (Å²) in [6, 6.07) is 6.87. The summed E-state index contributed by atoms with van der Waals surface area (Å²) in [7, 11) is 3.79. The van der Waals surface area contributed by atoms with Crippen LogP contribution in [-0.4, -0.2) is 33.6 Å². The molecule has 9 heteroatoms. The van der Waals surface area contributed by atoms with Gasteiger partial charge in [0.05, 0.1) is 21.3 Å². The molecule has 0 radical (unpaired) electrons. The van der Waals surface area contributed by atoms with Gasteiger partial charge in [-0.3, -0.25) is 0 Å². The van der Waals surface area contributed by atoms with Crippen molar-refractivity contribution in [3.63, 3.8) is 0 Å². The SMILES string of the molecule is COC(=O)OC1=CSC(OC)=C(OC(=O)OC)C1c1ccccc1Cl. The zero-order chi connectivity index (χ0) is 18.4. The van der Waals surface area contributed by atoms with Crippen LogP contribution in [0, 0.1) is 0 Å². The molecule has 0 aliphatic carbocycles. The smallest absolute Gasteiger partial charge is 0.487 e. The molecule has 1 atom stereocenters. The molecule has 0 saturated heterocycles. The third kappa shape index (κ3) is 4.40. The summed E-state index contributed by atoms with van der Waals surface area (Å²) in [4.78, 5) is 23.2. The number of hydrogen-bond acceptors (Lipinski definition) is 8. The Bertz CT molecular complexity index is 729. The van der Waals surface area contributed by atoms with Crippen molar-refractivity contribution >= 4 is 35.7 Å². The van der Waals surface area contributed by atoms with Gasteiger partial charge in [-0.15, -0.1) is 0 Å². The molecule has 1 aromatic rings. The lowest BCUT2D eigenvalue weighted by Crippen LogP contribution is -2.20. The lowest BCUT2D eigenvalue weighted by molar-refractivity contribution is 0.0787. The summed E-state index contributed by atoms with van der Waals surface area (Å²) in [6.45, 7) is 0. The minimum Gasteiger partial charge on any atom is -0.487 e. The molecule has 0 saturated carbocycles. The number of methoxy groups -OCH3 is 3. The summed E-state index contributed by atoms with van der Waals surface area (Å²) in [6.07, 6.45) is -1.86. The zero-order valence-electron chi connectivity index (χ0n) is 13.6. The van der Waals surface area contributed by atoms with Crippen LogP contribution in [0.3, 0.4) is 0 Å². The van der Waals surface area contributed by atoms with Crippen LogP contribution in [0.2, 0.25) is 5.02 Å². The van der Waals surface area contributed by atoms with Gasteiger partial charge in [0.1, 0.15) is 11.7 Å². The third-order valence-electron chi connectivity index (χ3n) is 3.16. The molecular formula is C16H15ClO7S. The number of rotatable bonds is 4. The predicted octanol–water partition coefficient (Wildman–Crippen LogP) is 4.39. The molecule has 1 unspecified atom stereocenters. The van der Waals surface area contributed by atoms with E-state index in [1.165, 1.54) is 21.3 Å². The first-order valence-corrected chi connectivity index (χ1v) is 8.18. The molecule has 0 fully saturated rings. The lowest BCUT2D eigenvalue weighted by atomic mass is 9.95. The van der Waals surface area contributed by atoms with Crippen LogP contribution in [0.15, 0.2) is 46.3 Å². The molecule has 0 aromatic heterocycles. The lowest BCUT2D eigenvalue weighted by Gasteiger charge is -2.27. The Hall–Kier alpha value is -2.32. The van der Waals surface area contributed by atoms with Gasteiger partial charge in [-0.1, -0.05) is 41.6 Å². The molecule has 1 aliphatic heterocycles. The normalized spacial score (nSPS) is 16.6. The van der Waals surface area contributed by atoms with E-state index >= 15 is 0 Å². The van der Waals surface area contributed by atoms with Crippen molar-refractivity contribution in [1.82, 2.24) is 0 Å². The quantitative estimate of drug-likeness (QED) is 0.704. The zero-order valence-corrected chi connectivity index (χ0v) is 15.2. The number of carbonyl (C=O) groups is 2. The van der Waals surface area contributed by atoms with Crippen molar-refractivity contribution in [2.45, 2.75) is 5.92 Å². The van der Waals surface area contributed by atoms with Crippen LogP contribution in [0.5, 0.6) is 0 Å². The Morgan fingerprint density at radius 3 is 2.28 bits per heavy atom. The van der Waals surface area contributed by atoms with E-state index in [1.54, 1.807) is 29.7 Å². The van der Waals surface area contributed by atoms with Crippen molar-refractivity contribution < 1.29 is 33.3 Å². The van der Waals surface area contributed by atoms with Gasteiger partial charge in [-0.25, -0.2) is 9.59 Å². The van der Waals surface area contributed by atoms with Gasteiger partial charge in [-0.05, 0) is 11.6 Å². The minimum atomic E-state index is -0.943. The van der Waals surface area contributed by atoms with Gasteiger partial charge < -0.3 is 23.7 Å². The highest BCUT2D eigenvalue weighted by Gasteiger charge is 2.36. The first-order chi connectivity index (χ1) is 12.0. The Labute approximate surface area is 153 Å².